The summed E-state index contributed by atoms with van der Waals surface area (Å²) < 4.78 is 25.3. The number of rotatable bonds is 16. The number of hydrogen-bond donors (Lipinski definition) is 1. The minimum atomic E-state index is -3.42. The van der Waals surface area contributed by atoms with Crippen molar-refractivity contribution >= 4 is 15.9 Å². The lowest BCUT2D eigenvalue weighted by atomic mass is 10.3. The Labute approximate surface area is 189 Å². The van der Waals surface area contributed by atoms with Crippen molar-refractivity contribution in [1.29, 1.82) is 0 Å². The van der Waals surface area contributed by atoms with E-state index in [1.807, 2.05) is 0 Å². The first-order chi connectivity index (χ1) is 14.9. The SMILES string of the molecule is CCN(CC)CCCCNC(=O)N(CCN(CC)CC)CCS(=O)(=O)c1ccccc1. The number of carbonyl (C=O) groups is 1. The maximum atomic E-state index is 12.8. The van der Waals surface area contributed by atoms with Crippen LogP contribution in [0.4, 0.5) is 4.79 Å². The molecule has 178 valence electrons. The monoisotopic (exact) mass is 454 g/mol. The molecule has 0 aromatic heterocycles. The topological polar surface area (TPSA) is 73.0 Å². The van der Waals surface area contributed by atoms with Gasteiger partial charge in [0.1, 0.15) is 0 Å². The smallest absolute Gasteiger partial charge is 0.317 e. The highest BCUT2D eigenvalue weighted by Crippen LogP contribution is 2.10. The van der Waals surface area contributed by atoms with Crippen molar-refractivity contribution in [2.24, 2.45) is 0 Å². The van der Waals surface area contributed by atoms with Gasteiger partial charge >= 0.3 is 6.03 Å². The molecule has 0 saturated carbocycles. The molecule has 1 rings (SSSR count). The lowest BCUT2D eigenvalue weighted by molar-refractivity contribution is 0.188. The highest BCUT2D eigenvalue weighted by atomic mass is 32.2. The van der Waals surface area contributed by atoms with Crippen molar-refractivity contribution in [3.05, 3.63) is 30.3 Å². The summed E-state index contributed by atoms with van der Waals surface area (Å²) in [5, 5.41) is 2.98. The number of hydrogen-bond acceptors (Lipinski definition) is 5. The summed E-state index contributed by atoms with van der Waals surface area (Å²) in [7, 11) is -3.42. The van der Waals surface area contributed by atoms with E-state index in [1.54, 1.807) is 35.2 Å². The van der Waals surface area contributed by atoms with Crippen LogP contribution in [0.25, 0.3) is 0 Å². The van der Waals surface area contributed by atoms with Crippen LogP contribution in [0.3, 0.4) is 0 Å². The van der Waals surface area contributed by atoms with Gasteiger partial charge in [0.25, 0.3) is 0 Å². The first-order valence-electron chi connectivity index (χ1n) is 11.6. The fourth-order valence-corrected chi connectivity index (χ4v) is 4.67. The van der Waals surface area contributed by atoms with E-state index in [0.717, 1.165) is 52.1 Å². The van der Waals surface area contributed by atoms with Gasteiger partial charge in [0, 0.05) is 26.2 Å². The minimum Gasteiger partial charge on any atom is -0.338 e. The molecule has 0 fully saturated rings. The lowest BCUT2D eigenvalue weighted by Crippen LogP contribution is -2.46. The Bertz CT molecular complexity index is 705. The highest BCUT2D eigenvalue weighted by molar-refractivity contribution is 7.91. The molecule has 1 aromatic carbocycles. The summed E-state index contributed by atoms with van der Waals surface area (Å²) in [6.45, 7) is 15.4. The number of sulfone groups is 1. The second kappa shape index (κ2) is 15.2. The van der Waals surface area contributed by atoms with Crippen LogP contribution in [-0.2, 0) is 9.84 Å². The van der Waals surface area contributed by atoms with Crippen LogP contribution in [0.1, 0.15) is 40.5 Å². The largest absolute Gasteiger partial charge is 0.338 e. The van der Waals surface area contributed by atoms with Gasteiger partial charge in [0.15, 0.2) is 9.84 Å². The molecule has 0 heterocycles. The summed E-state index contributed by atoms with van der Waals surface area (Å²) in [5.41, 5.74) is 0. The summed E-state index contributed by atoms with van der Waals surface area (Å²) in [4.78, 5) is 19.3. The fraction of sp³-hybridized carbons (Fsp3) is 0.696. The molecule has 0 aliphatic heterocycles. The Morgan fingerprint density at radius 3 is 1.97 bits per heavy atom. The Kier molecular flexibility index (Phi) is 13.4. The Balaban J connectivity index is 2.62. The van der Waals surface area contributed by atoms with Gasteiger partial charge in [-0.3, -0.25) is 0 Å². The predicted molar refractivity (Wildman–Crippen MR) is 128 cm³/mol. The second-order valence-electron chi connectivity index (χ2n) is 7.61. The zero-order chi connectivity index (χ0) is 23.1. The number of benzene rings is 1. The van der Waals surface area contributed by atoms with Gasteiger partial charge in [-0.25, -0.2) is 13.2 Å². The lowest BCUT2D eigenvalue weighted by Gasteiger charge is -2.27. The molecule has 0 radical (unpaired) electrons. The number of carbonyl (C=O) groups excluding carboxylic acids is 1. The molecular weight excluding hydrogens is 412 g/mol. The van der Waals surface area contributed by atoms with Crippen molar-refractivity contribution in [3.63, 3.8) is 0 Å². The number of likely N-dealkylation sites (N-methyl/N-ethyl adjacent to an activating group) is 1. The third-order valence-electron chi connectivity index (χ3n) is 5.67. The molecule has 0 spiro atoms. The van der Waals surface area contributed by atoms with Crippen LogP contribution in [0.5, 0.6) is 0 Å². The first kappa shape index (κ1) is 27.4. The van der Waals surface area contributed by atoms with Crippen molar-refractivity contribution in [3.8, 4) is 0 Å². The molecule has 31 heavy (non-hydrogen) atoms. The van der Waals surface area contributed by atoms with Gasteiger partial charge in [-0.15, -0.1) is 0 Å². The quantitative estimate of drug-likeness (QED) is 0.389. The molecule has 7 nitrogen and oxygen atoms in total. The van der Waals surface area contributed by atoms with E-state index in [4.69, 9.17) is 0 Å². The van der Waals surface area contributed by atoms with Crippen LogP contribution in [-0.4, -0.2) is 93.8 Å². The number of unbranched alkanes of at least 4 members (excludes halogenated alkanes) is 1. The minimum absolute atomic E-state index is 0.0787. The third-order valence-corrected chi connectivity index (χ3v) is 7.38. The van der Waals surface area contributed by atoms with Crippen LogP contribution in [0, 0.1) is 0 Å². The van der Waals surface area contributed by atoms with E-state index >= 15 is 0 Å². The zero-order valence-electron chi connectivity index (χ0n) is 19.8. The normalized spacial score (nSPS) is 11.8. The van der Waals surface area contributed by atoms with Crippen molar-refractivity contribution in [1.82, 2.24) is 20.0 Å². The molecule has 0 aliphatic carbocycles. The molecule has 2 amide bonds. The molecular formula is C23H42N4O3S. The van der Waals surface area contributed by atoms with Crippen LogP contribution < -0.4 is 5.32 Å². The highest BCUT2D eigenvalue weighted by Gasteiger charge is 2.20. The van der Waals surface area contributed by atoms with Gasteiger partial charge in [-0.2, -0.15) is 0 Å². The summed E-state index contributed by atoms with van der Waals surface area (Å²) in [6, 6.07) is 8.25. The van der Waals surface area contributed by atoms with E-state index in [0.29, 0.717) is 18.0 Å². The van der Waals surface area contributed by atoms with Crippen LogP contribution in [0.15, 0.2) is 35.2 Å². The summed E-state index contributed by atoms with van der Waals surface area (Å²) in [6.07, 6.45) is 1.94. The number of nitrogens with zero attached hydrogens (tertiary/aromatic N) is 3. The molecule has 0 unspecified atom stereocenters. The van der Waals surface area contributed by atoms with E-state index in [-0.39, 0.29) is 18.3 Å². The predicted octanol–water partition coefficient (Wildman–Crippen LogP) is 2.94. The van der Waals surface area contributed by atoms with Crippen molar-refractivity contribution in [2.75, 3.05) is 64.7 Å². The van der Waals surface area contributed by atoms with Gasteiger partial charge < -0.3 is 20.0 Å². The van der Waals surface area contributed by atoms with E-state index < -0.39 is 9.84 Å². The molecule has 0 bridgehead atoms. The zero-order valence-corrected chi connectivity index (χ0v) is 20.7. The molecule has 0 atom stereocenters. The maximum absolute atomic E-state index is 12.8. The molecule has 0 aliphatic rings. The van der Waals surface area contributed by atoms with E-state index in [9.17, 15) is 13.2 Å². The van der Waals surface area contributed by atoms with Crippen LogP contribution >= 0.6 is 0 Å². The number of nitrogens with one attached hydrogen (secondary N) is 1. The Morgan fingerprint density at radius 1 is 0.806 bits per heavy atom. The van der Waals surface area contributed by atoms with Gasteiger partial charge in [0.05, 0.1) is 10.6 Å². The second-order valence-corrected chi connectivity index (χ2v) is 9.72. The van der Waals surface area contributed by atoms with Gasteiger partial charge in [-0.1, -0.05) is 45.9 Å². The van der Waals surface area contributed by atoms with Crippen molar-refractivity contribution < 1.29 is 13.2 Å². The van der Waals surface area contributed by atoms with Crippen molar-refractivity contribution in [2.45, 2.75) is 45.4 Å². The standard InChI is InChI=1S/C23H42N4O3S/c1-5-25(6-2)17-13-12-16-24-23(28)27(19-18-26(7-3)8-4)20-21-31(29,30)22-14-10-9-11-15-22/h9-11,14-15H,5-8,12-13,16-21H2,1-4H3,(H,24,28). The number of amides is 2. The maximum Gasteiger partial charge on any atom is 0.317 e. The van der Waals surface area contributed by atoms with Gasteiger partial charge in [0.2, 0.25) is 0 Å². The Hall–Kier alpha value is -1.64. The molecule has 0 saturated heterocycles. The van der Waals surface area contributed by atoms with E-state index in [1.165, 1.54) is 0 Å². The Morgan fingerprint density at radius 2 is 1.39 bits per heavy atom. The third kappa shape index (κ3) is 10.5. The summed E-state index contributed by atoms with van der Waals surface area (Å²) >= 11 is 0. The van der Waals surface area contributed by atoms with E-state index in [2.05, 4.69) is 42.8 Å². The number of urea groups is 1. The van der Waals surface area contributed by atoms with Crippen LogP contribution in [0.2, 0.25) is 0 Å². The summed E-state index contributed by atoms with van der Waals surface area (Å²) in [5.74, 6) is -0.0787. The fourth-order valence-electron chi connectivity index (χ4n) is 3.40. The molecule has 1 aromatic rings. The molecule has 8 heteroatoms. The first-order valence-corrected chi connectivity index (χ1v) is 13.3. The average Bonchev–Trinajstić information content (AvgIpc) is 2.79. The molecule has 1 N–H and O–H groups in total. The van der Waals surface area contributed by atoms with Gasteiger partial charge in [-0.05, 0) is 57.7 Å². The average molecular weight is 455 g/mol.